The van der Waals surface area contributed by atoms with Crippen LogP contribution in [0.3, 0.4) is 0 Å². The summed E-state index contributed by atoms with van der Waals surface area (Å²) in [6.07, 6.45) is 9.92. The lowest BCUT2D eigenvalue weighted by atomic mass is 9.89. The van der Waals surface area contributed by atoms with Gasteiger partial charge in [-0.25, -0.2) is 9.37 Å². The third-order valence-electron chi connectivity index (χ3n) is 9.25. The van der Waals surface area contributed by atoms with Gasteiger partial charge in [-0.3, -0.25) is 9.69 Å². The second kappa shape index (κ2) is 12.3. The van der Waals surface area contributed by atoms with Crippen molar-refractivity contribution in [1.82, 2.24) is 14.9 Å². The number of halogens is 1. The van der Waals surface area contributed by atoms with E-state index >= 15 is 4.39 Å². The Balaban J connectivity index is 1.08. The lowest BCUT2D eigenvalue weighted by Gasteiger charge is -2.37. The van der Waals surface area contributed by atoms with Gasteiger partial charge in [0, 0.05) is 72.2 Å². The van der Waals surface area contributed by atoms with Gasteiger partial charge in [0.25, 0.3) is 5.91 Å². The first-order chi connectivity index (χ1) is 21.5. The van der Waals surface area contributed by atoms with Crippen LogP contribution in [-0.2, 0) is 14.3 Å². The minimum Gasteiger partial charge on any atom is -0.438 e. The van der Waals surface area contributed by atoms with Crippen molar-refractivity contribution in [1.29, 1.82) is 0 Å². The van der Waals surface area contributed by atoms with E-state index in [0.717, 1.165) is 62.6 Å². The van der Waals surface area contributed by atoms with Crippen molar-refractivity contribution in [3.63, 3.8) is 0 Å². The fourth-order valence-electron chi connectivity index (χ4n) is 6.75. The number of carbonyl (C=O) groups excluding carboxylic acids is 1. The number of anilines is 2. The SMILES string of the molecule is CC1C(F)=CC(C(=O)Nc2ccc(Oc3ccnc(N4CCC5(CC4)OCCO5)n3)c3ccccc23)=CC1N1CCCCC1. The average Bonchev–Trinajstić information content (AvgIpc) is 3.52. The predicted molar refractivity (Wildman–Crippen MR) is 166 cm³/mol. The van der Waals surface area contributed by atoms with Gasteiger partial charge in [0.15, 0.2) is 5.79 Å². The highest BCUT2D eigenvalue weighted by Gasteiger charge is 2.40. The molecule has 2 unspecified atom stereocenters. The molecule has 0 bridgehead atoms. The molecule has 0 saturated carbocycles. The Bertz CT molecular complexity index is 1590. The van der Waals surface area contributed by atoms with Crippen LogP contribution in [0.4, 0.5) is 16.0 Å². The molecule has 44 heavy (non-hydrogen) atoms. The van der Waals surface area contributed by atoms with Crippen molar-refractivity contribution in [2.45, 2.75) is 50.9 Å². The third-order valence-corrected chi connectivity index (χ3v) is 9.25. The molecule has 230 valence electrons. The topological polar surface area (TPSA) is 89.0 Å². The molecule has 1 amide bonds. The molecule has 4 heterocycles. The van der Waals surface area contributed by atoms with E-state index < -0.39 is 5.79 Å². The molecule has 7 rings (SSSR count). The molecule has 1 aliphatic carbocycles. The summed E-state index contributed by atoms with van der Waals surface area (Å²) in [5.74, 6) is 0.312. The number of nitrogens with one attached hydrogen (secondary N) is 1. The standard InChI is InChI=1S/C34H38FN5O4/c1-23-27(35)21-24(22-29(23)39-15-5-2-6-16-39)32(41)37-28-9-10-30(26-8-4-3-7-25(26)28)44-31-11-14-36-33(38-31)40-17-12-34(13-18-40)42-19-20-43-34/h3-4,7-11,14,21-23,29H,2,5-6,12-13,15-20H2,1H3,(H,37,41). The zero-order chi connectivity index (χ0) is 30.1. The van der Waals surface area contributed by atoms with Crippen molar-refractivity contribution < 1.29 is 23.4 Å². The maximum absolute atomic E-state index is 15.0. The van der Waals surface area contributed by atoms with E-state index in [1.807, 2.05) is 49.4 Å². The Morgan fingerprint density at radius 1 is 1.00 bits per heavy atom. The van der Waals surface area contributed by atoms with Crippen molar-refractivity contribution in [3.8, 4) is 11.6 Å². The van der Waals surface area contributed by atoms with Gasteiger partial charge in [-0.1, -0.05) is 43.7 Å². The van der Waals surface area contributed by atoms with Crippen molar-refractivity contribution in [2.24, 2.45) is 5.92 Å². The first-order valence-corrected chi connectivity index (χ1v) is 15.7. The fraction of sp³-hybridized carbons (Fsp3) is 0.441. The molecule has 2 atom stereocenters. The van der Waals surface area contributed by atoms with Crippen LogP contribution in [0.1, 0.15) is 39.0 Å². The number of piperidine rings is 2. The van der Waals surface area contributed by atoms with Crippen LogP contribution in [0.2, 0.25) is 0 Å². The smallest absolute Gasteiger partial charge is 0.255 e. The van der Waals surface area contributed by atoms with Gasteiger partial charge in [0.05, 0.1) is 13.2 Å². The molecule has 10 heteroatoms. The van der Waals surface area contributed by atoms with Crippen molar-refractivity contribution >= 4 is 28.3 Å². The molecule has 1 N–H and O–H groups in total. The molecular weight excluding hydrogens is 561 g/mol. The number of nitrogens with zero attached hydrogens (tertiary/aromatic N) is 4. The van der Waals surface area contributed by atoms with E-state index in [2.05, 4.69) is 20.1 Å². The number of fused-ring (bicyclic) bond motifs is 1. The largest absolute Gasteiger partial charge is 0.438 e. The van der Waals surface area contributed by atoms with Crippen molar-refractivity contribution in [3.05, 3.63) is 72.2 Å². The van der Waals surface area contributed by atoms with Crippen molar-refractivity contribution in [2.75, 3.05) is 49.6 Å². The highest BCUT2D eigenvalue weighted by Crippen LogP contribution is 2.37. The maximum atomic E-state index is 15.0. The number of likely N-dealkylation sites (tertiary alicyclic amines) is 1. The molecule has 4 aliphatic rings. The van der Waals surface area contributed by atoms with Crippen LogP contribution < -0.4 is 15.0 Å². The Hall–Kier alpha value is -3.86. The maximum Gasteiger partial charge on any atom is 0.255 e. The number of hydrogen-bond acceptors (Lipinski definition) is 8. The number of rotatable bonds is 6. The van der Waals surface area contributed by atoms with E-state index in [-0.39, 0.29) is 23.7 Å². The lowest BCUT2D eigenvalue weighted by molar-refractivity contribution is -0.169. The zero-order valence-corrected chi connectivity index (χ0v) is 25.0. The Morgan fingerprint density at radius 3 is 2.52 bits per heavy atom. The monoisotopic (exact) mass is 599 g/mol. The second-order valence-electron chi connectivity index (χ2n) is 12.0. The molecular formula is C34H38FN5O4. The molecule has 2 aromatic carbocycles. The summed E-state index contributed by atoms with van der Waals surface area (Å²) in [4.78, 5) is 27.1. The van der Waals surface area contributed by atoms with Crippen LogP contribution in [0.5, 0.6) is 11.6 Å². The quantitative estimate of drug-likeness (QED) is 0.370. The minimum atomic E-state index is -0.466. The molecule has 3 aromatic rings. The molecule has 3 saturated heterocycles. The second-order valence-corrected chi connectivity index (χ2v) is 12.0. The summed E-state index contributed by atoms with van der Waals surface area (Å²) in [5.41, 5.74) is 0.978. The summed E-state index contributed by atoms with van der Waals surface area (Å²) < 4.78 is 33.0. The molecule has 0 radical (unpaired) electrons. The number of benzene rings is 2. The highest BCUT2D eigenvalue weighted by molar-refractivity contribution is 6.11. The van der Waals surface area contributed by atoms with Gasteiger partial charge in [0.1, 0.15) is 11.6 Å². The van der Waals surface area contributed by atoms with E-state index in [9.17, 15) is 4.79 Å². The van der Waals surface area contributed by atoms with E-state index in [1.165, 1.54) is 12.5 Å². The molecule has 3 aliphatic heterocycles. The summed E-state index contributed by atoms with van der Waals surface area (Å²) in [7, 11) is 0. The van der Waals surface area contributed by atoms with E-state index in [1.54, 1.807) is 12.3 Å². The highest BCUT2D eigenvalue weighted by atomic mass is 19.1. The van der Waals surface area contributed by atoms with Gasteiger partial charge in [0.2, 0.25) is 11.8 Å². The van der Waals surface area contributed by atoms with Gasteiger partial charge in [-0.05, 0) is 44.1 Å². The summed E-state index contributed by atoms with van der Waals surface area (Å²) in [5, 5.41) is 4.66. The number of ether oxygens (including phenoxy) is 3. The molecule has 1 spiro atoms. The summed E-state index contributed by atoms with van der Waals surface area (Å²) >= 11 is 0. The predicted octanol–water partition coefficient (Wildman–Crippen LogP) is 5.99. The molecule has 1 aromatic heterocycles. The Labute approximate surface area is 256 Å². The van der Waals surface area contributed by atoms with Gasteiger partial charge in [-0.15, -0.1) is 0 Å². The number of aromatic nitrogens is 2. The van der Waals surface area contributed by atoms with Crippen LogP contribution in [-0.4, -0.2) is 72.0 Å². The van der Waals surface area contributed by atoms with Gasteiger partial charge >= 0.3 is 0 Å². The van der Waals surface area contributed by atoms with Gasteiger partial charge in [-0.2, -0.15) is 4.98 Å². The molecule has 3 fully saturated rings. The number of hydrogen-bond donors (Lipinski definition) is 1. The summed E-state index contributed by atoms with van der Waals surface area (Å²) in [6, 6.07) is 13.0. The lowest BCUT2D eigenvalue weighted by Crippen LogP contribution is -2.45. The van der Waals surface area contributed by atoms with Crippen LogP contribution >= 0.6 is 0 Å². The van der Waals surface area contributed by atoms with E-state index in [0.29, 0.717) is 42.1 Å². The normalized spacial score (nSPS) is 23.8. The first kappa shape index (κ1) is 28.9. The van der Waals surface area contributed by atoms with Crippen LogP contribution in [0.25, 0.3) is 10.8 Å². The third kappa shape index (κ3) is 5.81. The first-order valence-electron chi connectivity index (χ1n) is 15.7. The Kier molecular flexibility index (Phi) is 8.05. The molecule has 9 nitrogen and oxygen atoms in total. The average molecular weight is 600 g/mol. The zero-order valence-electron chi connectivity index (χ0n) is 25.0. The Morgan fingerprint density at radius 2 is 1.75 bits per heavy atom. The van der Waals surface area contributed by atoms with Gasteiger partial charge < -0.3 is 24.4 Å². The fourth-order valence-corrected chi connectivity index (χ4v) is 6.75. The number of amides is 1. The summed E-state index contributed by atoms with van der Waals surface area (Å²) in [6.45, 7) is 6.49. The van der Waals surface area contributed by atoms with Crippen LogP contribution in [0, 0.1) is 5.92 Å². The van der Waals surface area contributed by atoms with E-state index in [4.69, 9.17) is 19.2 Å². The minimum absolute atomic E-state index is 0.123. The number of carbonyl (C=O) groups is 1. The van der Waals surface area contributed by atoms with Crippen LogP contribution in [0.15, 0.2) is 72.2 Å².